The van der Waals surface area contributed by atoms with Crippen LogP contribution in [0.15, 0.2) is 10.7 Å². The van der Waals surface area contributed by atoms with Crippen molar-refractivity contribution in [2.75, 3.05) is 0 Å². The van der Waals surface area contributed by atoms with Gasteiger partial charge in [0.15, 0.2) is 0 Å². The third-order valence-corrected chi connectivity index (χ3v) is 2.28. The van der Waals surface area contributed by atoms with Crippen molar-refractivity contribution in [2.45, 2.75) is 12.3 Å². The fourth-order valence-electron chi connectivity index (χ4n) is 0.986. The maximum absolute atomic E-state index is 12.5. The molecule has 0 N–H and O–H groups in total. The lowest BCUT2D eigenvalue weighted by atomic mass is 10.1. The first-order valence-corrected chi connectivity index (χ1v) is 4.86. The van der Waals surface area contributed by atoms with Crippen LogP contribution in [-0.2, 0) is 5.88 Å². The summed E-state index contributed by atoms with van der Waals surface area (Å²) in [5.74, 6) is -0.150. The van der Waals surface area contributed by atoms with Crippen molar-refractivity contribution in [3.8, 4) is 6.07 Å². The molecular formula is C8H4BrClF2N2. The fraction of sp³-hybridized carbons (Fsp3) is 0.250. The molecule has 0 aliphatic heterocycles. The van der Waals surface area contributed by atoms with Gasteiger partial charge in [-0.1, -0.05) is 0 Å². The molecule has 6 heteroatoms. The SMILES string of the molecule is N#Cc1nc(Br)cc(C(F)F)c1CCl. The Kier molecular flexibility index (Phi) is 3.78. The lowest BCUT2D eigenvalue weighted by Gasteiger charge is -2.07. The van der Waals surface area contributed by atoms with E-state index in [-0.39, 0.29) is 27.3 Å². The minimum atomic E-state index is -2.66. The highest BCUT2D eigenvalue weighted by atomic mass is 79.9. The molecule has 0 radical (unpaired) electrons. The molecule has 0 aromatic carbocycles. The van der Waals surface area contributed by atoms with E-state index in [9.17, 15) is 8.78 Å². The molecule has 0 atom stereocenters. The molecule has 0 bridgehead atoms. The van der Waals surface area contributed by atoms with Crippen LogP contribution in [0.5, 0.6) is 0 Å². The van der Waals surface area contributed by atoms with E-state index in [4.69, 9.17) is 16.9 Å². The Bertz CT molecular complexity index is 390. The molecule has 0 fully saturated rings. The van der Waals surface area contributed by atoms with Crippen LogP contribution < -0.4 is 0 Å². The number of hydrogen-bond acceptors (Lipinski definition) is 2. The second kappa shape index (κ2) is 4.67. The highest BCUT2D eigenvalue weighted by Crippen LogP contribution is 2.28. The van der Waals surface area contributed by atoms with Gasteiger partial charge in [-0.2, -0.15) is 5.26 Å². The van der Waals surface area contributed by atoms with E-state index >= 15 is 0 Å². The minimum absolute atomic E-state index is 0.0651. The van der Waals surface area contributed by atoms with Gasteiger partial charge in [0.05, 0.1) is 5.88 Å². The van der Waals surface area contributed by atoms with E-state index in [2.05, 4.69) is 20.9 Å². The number of halogens is 4. The van der Waals surface area contributed by atoms with Gasteiger partial charge in [-0.05, 0) is 22.0 Å². The molecule has 0 spiro atoms. The first-order chi connectivity index (χ1) is 6.60. The topological polar surface area (TPSA) is 36.7 Å². The molecular weight excluding hydrogens is 277 g/mol. The molecule has 0 aliphatic rings. The zero-order valence-corrected chi connectivity index (χ0v) is 9.11. The summed E-state index contributed by atoms with van der Waals surface area (Å²) < 4.78 is 25.2. The van der Waals surface area contributed by atoms with E-state index in [1.807, 2.05) is 0 Å². The van der Waals surface area contributed by atoms with E-state index in [1.165, 1.54) is 6.07 Å². The lowest BCUT2D eigenvalue weighted by Crippen LogP contribution is -1.99. The zero-order valence-electron chi connectivity index (χ0n) is 6.77. The van der Waals surface area contributed by atoms with Crippen LogP contribution >= 0.6 is 27.5 Å². The van der Waals surface area contributed by atoms with Gasteiger partial charge >= 0.3 is 0 Å². The van der Waals surface area contributed by atoms with E-state index < -0.39 is 6.43 Å². The van der Waals surface area contributed by atoms with Crippen LogP contribution in [0.25, 0.3) is 0 Å². The van der Waals surface area contributed by atoms with Crippen molar-refractivity contribution in [2.24, 2.45) is 0 Å². The molecule has 0 saturated carbocycles. The van der Waals surface area contributed by atoms with E-state index in [0.717, 1.165) is 0 Å². The predicted molar refractivity (Wildman–Crippen MR) is 51.2 cm³/mol. The van der Waals surface area contributed by atoms with Crippen molar-refractivity contribution in [3.63, 3.8) is 0 Å². The Morgan fingerprint density at radius 2 is 2.29 bits per heavy atom. The number of nitriles is 1. The summed E-state index contributed by atoms with van der Waals surface area (Å²) in [6.45, 7) is 0. The van der Waals surface area contributed by atoms with Gasteiger partial charge in [0.2, 0.25) is 0 Å². The molecule has 0 amide bonds. The van der Waals surface area contributed by atoms with Crippen LogP contribution in [0.4, 0.5) is 8.78 Å². The van der Waals surface area contributed by atoms with Gasteiger partial charge in [-0.25, -0.2) is 13.8 Å². The van der Waals surface area contributed by atoms with Crippen molar-refractivity contribution < 1.29 is 8.78 Å². The highest BCUT2D eigenvalue weighted by molar-refractivity contribution is 9.10. The quantitative estimate of drug-likeness (QED) is 0.615. The Hall–Kier alpha value is -0.730. The third-order valence-electron chi connectivity index (χ3n) is 1.60. The average Bonchev–Trinajstić information content (AvgIpc) is 2.16. The number of hydrogen-bond donors (Lipinski definition) is 0. The molecule has 0 aliphatic carbocycles. The predicted octanol–water partition coefficient (Wildman–Crippen LogP) is 3.39. The number of alkyl halides is 3. The third kappa shape index (κ3) is 2.20. The number of pyridine rings is 1. The summed E-state index contributed by atoms with van der Waals surface area (Å²) in [4.78, 5) is 3.74. The zero-order chi connectivity index (χ0) is 10.7. The van der Waals surface area contributed by atoms with Crippen LogP contribution in [0.1, 0.15) is 23.2 Å². The number of nitrogens with zero attached hydrogens (tertiary/aromatic N) is 2. The summed E-state index contributed by atoms with van der Waals surface area (Å²) in [6, 6.07) is 2.89. The maximum atomic E-state index is 12.5. The van der Waals surface area contributed by atoms with Gasteiger partial charge in [0.1, 0.15) is 16.4 Å². The maximum Gasteiger partial charge on any atom is 0.264 e. The summed E-state index contributed by atoms with van der Waals surface area (Å²) >= 11 is 8.42. The van der Waals surface area contributed by atoms with Crippen LogP contribution in [0, 0.1) is 11.3 Å². The average molecular weight is 281 g/mol. The smallest absolute Gasteiger partial charge is 0.230 e. The standard InChI is InChI=1S/C8H4BrClF2N2/c9-7-1-4(8(11)12)5(2-10)6(3-13)14-7/h1,8H,2H2. The number of rotatable bonds is 2. The van der Waals surface area contributed by atoms with Crippen molar-refractivity contribution in [3.05, 3.63) is 27.5 Å². The number of aromatic nitrogens is 1. The van der Waals surface area contributed by atoms with Crippen molar-refractivity contribution in [1.29, 1.82) is 5.26 Å². The van der Waals surface area contributed by atoms with Crippen molar-refractivity contribution in [1.82, 2.24) is 4.98 Å². The molecule has 74 valence electrons. The molecule has 0 unspecified atom stereocenters. The summed E-state index contributed by atoms with van der Waals surface area (Å²) in [5, 5.41) is 8.64. The first kappa shape index (κ1) is 11.3. The van der Waals surface area contributed by atoms with Crippen molar-refractivity contribution >= 4 is 27.5 Å². The van der Waals surface area contributed by atoms with Crippen LogP contribution in [-0.4, -0.2) is 4.98 Å². The van der Waals surface area contributed by atoms with Crippen LogP contribution in [0.3, 0.4) is 0 Å². The second-order valence-electron chi connectivity index (χ2n) is 2.41. The monoisotopic (exact) mass is 280 g/mol. The lowest BCUT2D eigenvalue weighted by molar-refractivity contribution is 0.150. The first-order valence-electron chi connectivity index (χ1n) is 3.53. The Labute approximate surface area is 92.6 Å². The largest absolute Gasteiger partial charge is 0.264 e. The van der Waals surface area contributed by atoms with E-state index in [0.29, 0.717) is 0 Å². The molecule has 0 saturated heterocycles. The molecule has 1 aromatic rings. The summed E-state index contributed by atoms with van der Waals surface area (Å²) in [5.41, 5.74) is -0.226. The normalized spacial score (nSPS) is 10.3. The molecule has 1 heterocycles. The molecule has 14 heavy (non-hydrogen) atoms. The molecule has 1 aromatic heterocycles. The summed E-state index contributed by atoms with van der Waals surface area (Å²) in [7, 11) is 0. The minimum Gasteiger partial charge on any atom is -0.230 e. The second-order valence-corrected chi connectivity index (χ2v) is 3.49. The van der Waals surface area contributed by atoms with Gasteiger partial charge in [-0.3, -0.25) is 0 Å². The molecule has 1 rings (SSSR count). The van der Waals surface area contributed by atoms with Gasteiger partial charge in [0.25, 0.3) is 6.43 Å². The Morgan fingerprint density at radius 1 is 1.64 bits per heavy atom. The van der Waals surface area contributed by atoms with Gasteiger partial charge < -0.3 is 0 Å². The van der Waals surface area contributed by atoms with E-state index in [1.54, 1.807) is 6.07 Å². The Morgan fingerprint density at radius 3 is 2.71 bits per heavy atom. The fourth-order valence-corrected chi connectivity index (χ4v) is 1.69. The van der Waals surface area contributed by atoms with Gasteiger partial charge in [-0.15, -0.1) is 11.6 Å². The highest BCUT2D eigenvalue weighted by Gasteiger charge is 2.17. The summed E-state index contributed by atoms with van der Waals surface area (Å²) in [6.07, 6.45) is -2.66. The van der Waals surface area contributed by atoms with Crippen LogP contribution in [0.2, 0.25) is 0 Å². The van der Waals surface area contributed by atoms with Gasteiger partial charge in [0, 0.05) is 11.1 Å². The Balaban J connectivity index is 3.41. The molecule has 2 nitrogen and oxygen atoms in total.